The Morgan fingerprint density at radius 1 is 0.935 bits per heavy atom. The molecule has 0 radical (unpaired) electrons. The number of rotatable bonds is 8. The quantitative estimate of drug-likeness (QED) is 0.530. The van der Waals surface area contributed by atoms with Gasteiger partial charge < -0.3 is 5.32 Å². The van der Waals surface area contributed by atoms with Gasteiger partial charge in [0.2, 0.25) is 0 Å². The van der Waals surface area contributed by atoms with E-state index in [2.05, 4.69) is 22.2 Å². The summed E-state index contributed by atoms with van der Waals surface area (Å²) in [6.45, 7) is 5.67. The fourth-order valence-electron chi connectivity index (χ4n) is 3.20. The lowest BCUT2D eigenvalue weighted by atomic mass is 10.1. The number of aryl methyl sites for hydroxylation is 3. The molecule has 0 fully saturated rings. The van der Waals surface area contributed by atoms with E-state index in [1.807, 2.05) is 32.0 Å². The number of carbonyl (C=O) groups excluding carboxylic acids is 1. The van der Waals surface area contributed by atoms with E-state index in [1.54, 1.807) is 49.4 Å². The van der Waals surface area contributed by atoms with Crippen LogP contribution in [0.1, 0.15) is 40.4 Å². The van der Waals surface area contributed by atoms with Crippen molar-refractivity contribution in [1.82, 2.24) is 5.32 Å². The van der Waals surface area contributed by atoms with Crippen LogP contribution in [0.3, 0.4) is 0 Å². The van der Waals surface area contributed by atoms with Crippen molar-refractivity contribution in [3.63, 3.8) is 0 Å². The molecular formula is C25H28N2O3S. The van der Waals surface area contributed by atoms with E-state index in [0.717, 1.165) is 24.0 Å². The summed E-state index contributed by atoms with van der Waals surface area (Å²) in [6, 6.07) is 21.8. The van der Waals surface area contributed by atoms with Crippen molar-refractivity contribution in [2.45, 2.75) is 44.6 Å². The largest absolute Gasteiger partial charge is 0.350 e. The minimum atomic E-state index is -3.74. The molecule has 31 heavy (non-hydrogen) atoms. The smallest absolute Gasteiger partial charge is 0.261 e. The maximum Gasteiger partial charge on any atom is 0.261 e. The molecule has 0 saturated heterocycles. The zero-order chi connectivity index (χ0) is 22.4. The van der Waals surface area contributed by atoms with Gasteiger partial charge >= 0.3 is 0 Å². The first kappa shape index (κ1) is 22.6. The van der Waals surface area contributed by atoms with Crippen molar-refractivity contribution < 1.29 is 13.2 Å². The molecule has 0 aliphatic carbocycles. The van der Waals surface area contributed by atoms with Gasteiger partial charge in [-0.05, 0) is 69.0 Å². The molecule has 0 aromatic heterocycles. The summed E-state index contributed by atoms with van der Waals surface area (Å²) in [5.41, 5.74) is 3.76. The molecule has 1 amide bonds. The number of carbonyl (C=O) groups is 1. The monoisotopic (exact) mass is 436 g/mol. The van der Waals surface area contributed by atoms with Crippen molar-refractivity contribution in [3.05, 3.63) is 95.1 Å². The fourth-order valence-corrected chi connectivity index (χ4v) is 4.32. The lowest BCUT2D eigenvalue weighted by molar-refractivity contribution is 0.0938. The van der Waals surface area contributed by atoms with Crippen molar-refractivity contribution in [2.24, 2.45) is 0 Å². The van der Waals surface area contributed by atoms with E-state index in [9.17, 15) is 13.2 Å². The van der Waals surface area contributed by atoms with Crippen LogP contribution in [0.2, 0.25) is 0 Å². The fraction of sp³-hybridized carbons (Fsp3) is 0.240. The summed E-state index contributed by atoms with van der Waals surface area (Å²) in [6.07, 6.45) is 1.69. The van der Waals surface area contributed by atoms with E-state index in [1.165, 1.54) is 5.56 Å². The third kappa shape index (κ3) is 6.18. The number of benzene rings is 3. The molecule has 3 rings (SSSR count). The third-order valence-corrected chi connectivity index (χ3v) is 6.54. The van der Waals surface area contributed by atoms with Crippen molar-refractivity contribution in [1.29, 1.82) is 0 Å². The molecular weight excluding hydrogens is 408 g/mol. The Hall–Kier alpha value is -3.12. The summed E-state index contributed by atoms with van der Waals surface area (Å²) >= 11 is 0. The highest BCUT2D eigenvalue weighted by molar-refractivity contribution is 7.92. The van der Waals surface area contributed by atoms with Crippen LogP contribution in [0.4, 0.5) is 5.69 Å². The number of nitrogens with one attached hydrogen (secondary N) is 2. The van der Waals surface area contributed by atoms with E-state index < -0.39 is 10.0 Å². The second-order valence-electron chi connectivity index (χ2n) is 7.85. The van der Waals surface area contributed by atoms with Crippen LogP contribution in [0.15, 0.2) is 77.7 Å². The van der Waals surface area contributed by atoms with E-state index >= 15 is 0 Å². The average molecular weight is 437 g/mol. The van der Waals surface area contributed by atoms with Crippen LogP contribution >= 0.6 is 0 Å². The lowest BCUT2D eigenvalue weighted by Gasteiger charge is -2.16. The Bertz CT molecular complexity index is 1140. The van der Waals surface area contributed by atoms with Crippen LogP contribution < -0.4 is 10.0 Å². The molecule has 0 heterocycles. The van der Waals surface area contributed by atoms with Crippen molar-refractivity contribution in [3.8, 4) is 0 Å². The average Bonchev–Trinajstić information content (AvgIpc) is 2.74. The van der Waals surface area contributed by atoms with Gasteiger partial charge in [-0.25, -0.2) is 8.42 Å². The first-order chi connectivity index (χ1) is 14.7. The minimum Gasteiger partial charge on any atom is -0.350 e. The van der Waals surface area contributed by atoms with Gasteiger partial charge in [-0.3, -0.25) is 9.52 Å². The Labute approximate surface area is 184 Å². The van der Waals surface area contributed by atoms with Gasteiger partial charge in [0.15, 0.2) is 0 Å². The number of sulfonamides is 1. The van der Waals surface area contributed by atoms with Gasteiger partial charge in [-0.2, -0.15) is 0 Å². The van der Waals surface area contributed by atoms with Crippen molar-refractivity contribution in [2.75, 3.05) is 4.72 Å². The van der Waals surface area contributed by atoms with Crippen LogP contribution in [0.5, 0.6) is 0 Å². The molecule has 0 spiro atoms. The van der Waals surface area contributed by atoms with E-state index in [0.29, 0.717) is 11.3 Å². The second-order valence-corrected chi connectivity index (χ2v) is 9.53. The summed E-state index contributed by atoms with van der Waals surface area (Å²) in [7, 11) is -3.74. The number of anilines is 1. The molecule has 0 aliphatic heterocycles. The zero-order valence-corrected chi connectivity index (χ0v) is 18.9. The molecule has 0 bridgehead atoms. The van der Waals surface area contributed by atoms with Crippen LogP contribution in [0.25, 0.3) is 0 Å². The SMILES string of the molecule is Cc1ccc(S(=O)(=O)Nc2cc(C(=O)N[C@H](C)CCc3ccccc3)ccc2C)cc1. The molecule has 3 aromatic rings. The van der Waals surface area contributed by atoms with E-state index in [4.69, 9.17) is 0 Å². The molecule has 6 heteroatoms. The highest BCUT2D eigenvalue weighted by Crippen LogP contribution is 2.22. The molecule has 5 nitrogen and oxygen atoms in total. The lowest BCUT2D eigenvalue weighted by Crippen LogP contribution is -2.33. The second kappa shape index (κ2) is 9.79. The highest BCUT2D eigenvalue weighted by Gasteiger charge is 2.17. The van der Waals surface area contributed by atoms with Gasteiger partial charge in [0.1, 0.15) is 0 Å². The van der Waals surface area contributed by atoms with Crippen LogP contribution in [-0.2, 0) is 16.4 Å². The summed E-state index contributed by atoms with van der Waals surface area (Å²) in [4.78, 5) is 12.9. The first-order valence-electron chi connectivity index (χ1n) is 10.3. The van der Waals surface area contributed by atoms with Crippen LogP contribution in [-0.4, -0.2) is 20.4 Å². The van der Waals surface area contributed by atoms with E-state index in [-0.39, 0.29) is 16.8 Å². The van der Waals surface area contributed by atoms with Gasteiger partial charge in [0.05, 0.1) is 10.6 Å². The topological polar surface area (TPSA) is 75.3 Å². The first-order valence-corrected chi connectivity index (χ1v) is 11.8. The van der Waals surface area contributed by atoms with Gasteiger partial charge in [0, 0.05) is 11.6 Å². The summed E-state index contributed by atoms with van der Waals surface area (Å²) in [5.74, 6) is -0.226. The van der Waals surface area contributed by atoms with Gasteiger partial charge in [-0.1, -0.05) is 54.1 Å². The standard InChI is InChI=1S/C25H28N2O3S/c1-18-9-15-23(16-10-18)31(29,30)27-24-17-22(14-11-19(24)2)25(28)26-20(3)12-13-21-7-5-4-6-8-21/h4-11,14-17,20,27H,12-13H2,1-3H3,(H,26,28)/t20-/m1/s1. The molecule has 0 unspecified atom stereocenters. The van der Waals surface area contributed by atoms with Crippen LogP contribution in [0, 0.1) is 13.8 Å². The summed E-state index contributed by atoms with van der Waals surface area (Å²) < 4.78 is 28.1. The molecule has 1 atom stereocenters. The molecule has 0 aliphatic rings. The zero-order valence-electron chi connectivity index (χ0n) is 18.1. The number of hydrogen-bond acceptors (Lipinski definition) is 3. The predicted molar refractivity (Wildman–Crippen MR) is 125 cm³/mol. The Morgan fingerprint density at radius 3 is 2.29 bits per heavy atom. The molecule has 162 valence electrons. The Kier molecular flexibility index (Phi) is 7.13. The van der Waals surface area contributed by atoms with Crippen molar-refractivity contribution >= 4 is 21.6 Å². The normalized spacial score (nSPS) is 12.2. The van der Waals surface area contributed by atoms with Gasteiger partial charge in [0.25, 0.3) is 15.9 Å². The highest BCUT2D eigenvalue weighted by atomic mass is 32.2. The Balaban J connectivity index is 1.68. The molecule has 0 saturated carbocycles. The minimum absolute atomic E-state index is 0.0123. The molecule has 2 N–H and O–H groups in total. The van der Waals surface area contributed by atoms with Gasteiger partial charge in [-0.15, -0.1) is 0 Å². The maximum absolute atomic E-state index is 12.7. The maximum atomic E-state index is 12.7. The predicted octanol–water partition coefficient (Wildman–Crippen LogP) is 4.86. The number of hydrogen-bond donors (Lipinski definition) is 2. The molecule has 3 aromatic carbocycles. The Morgan fingerprint density at radius 2 is 1.61 bits per heavy atom. The summed E-state index contributed by atoms with van der Waals surface area (Å²) in [5, 5.41) is 3.00. The third-order valence-electron chi connectivity index (χ3n) is 5.16. The number of amides is 1.